The van der Waals surface area contributed by atoms with Crippen LogP contribution in [-0.2, 0) is 0 Å². The minimum atomic E-state index is -0.243. The normalized spacial score (nSPS) is 15.8. The van der Waals surface area contributed by atoms with Gasteiger partial charge in [-0.05, 0) is 55.2 Å². The molecule has 2 aromatic carbocycles. The Labute approximate surface area is 274 Å². The summed E-state index contributed by atoms with van der Waals surface area (Å²) in [5.74, 6) is 3.79. The van der Waals surface area contributed by atoms with Crippen molar-refractivity contribution < 1.29 is 9.53 Å². The highest BCUT2D eigenvalue weighted by Crippen LogP contribution is 2.37. The first-order valence-electron chi connectivity index (χ1n) is 18.0. The van der Waals surface area contributed by atoms with Crippen molar-refractivity contribution in [3.05, 3.63) is 54.1 Å². The smallest absolute Gasteiger partial charge is 0.318 e. The van der Waals surface area contributed by atoms with Crippen LogP contribution in [0.4, 0.5) is 10.5 Å². The van der Waals surface area contributed by atoms with Crippen LogP contribution in [0.15, 0.2) is 48.5 Å². The zero-order chi connectivity index (χ0) is 32.1. The molecular formula is C40H72N2O2. The number of nitrogens with one attached hydrogen (secondary N) is 2. The maximum Gasteiger partial charge on any atom is 0.318 e. The molecule has 3 saturated carbocycles. The summed E-state index contributed by atoms with van der Waals surface area (Å²) in [6.07, 6.45) is 24.4. The summed E-state index contributed by atoms with van der Waals surface area (Å²) >= 11 is 0. The van der Waals surface area contributed by atoms with Gasteiger partial charge in [-0.1, -0.05) is 169 Å². The number of benzene rings is 2. The van der Waals surface area contributed by atoms with Gasteiger partial charge in [-0.25, -0.2) is 4.79 Å². The third-order valence-corrected chi connectivity index (χ3v) is 8.06. The number of carbonyl (C=O) groups excluding carboxylic acids is 1. The maximum absolute atomic E-state index is 11.1. The largest absolute Gasteiger partial charge is 0.457 e. The van der Waals surface area contributed by atoms with E-state index in [0.717, 1.165) is 29.0 Å². The number of aryl methyl sites for hydroxylation is 1. The van der Waals surface area contributed by atoms with E-state index in [1.807, 2.05) is 84.9 Å². The number of hydrogen-bond acceptors (Lipinski definition) is 2. The first-order valence-corrected chi connectivity index (χ1v) is 18.0. The quantitative estimate of drug-likeness (QED) is 0.361. The van der Waals surface area contributed by atoms with Crippen molar-refractivity contribution in [2.45, 2.75) is 159 Å². The molecule has 2 amide bonds. The zero-order valence-electron chi connectivity index (χ0n) is 29.4. The monoisotopic (exact) mass is 613 g/mol. The number of urea groups is 1. The van der Waals surface area contributed by atoms with Crippen LogP contribution in [0.5, 0.6) is 11.5 Å². The first kappa shape index (κ1) is 43.6. The second-order valence-corrected chi connectivity index (χ2v) is 11.1. The van der Waals surface area contributed by atoms with Crippen LogP contribution >= 0.6 is 0 Å². The van der Waals surface area contributed by atoms with Gasteiger partial charge in [0.1, 0.15) is 11.5 Å². The van der Waals surface area contributed by atoms with Gasteiger partial charge in [-0.3, -0.25) is 0 Å². The molecule has 3 aliphatic rings. The highest BCUT2D eigenvalue weighted by Gasteiger charge is 2.24. The molecular weight excluding hydrogens is 540 g/mol. The molecule has 4 heteroatoms. The van der Waals surface area contributed by atoms with Gasteiger partial charge in [0.2, 0.25) is 0 Å². The van der Waals surface area contributed by atoms with Gasteiger partial charge in [-0.2, -0.15) is 0 Å². The summed E-state index contributed by atoms with van der Waals surface area (Å²) in [6, 6.07) is 14.8. The Morgan fingerprint density at radius 3 is 1.23 bits per heavy atom. The Morgan fingerprint density at radius 1 is 0.568 bits per heavy atom. The lowest BCUT2D eigenvalue weighted by atomic mass is 9.73. The van der Waals surface area contributed by atoms with Crippen LogP contribution < -0.4 is 15.4 Å². The Hall–Kier alpha value is -2.49. The van der Waals surface area contributed by atoms with Crippen LogP contribution in [0.2, 0.25) is 0 Å². The predicted octanol–water partition coefficient (Wildman–Crippen LogP) is 13.7. The second-order valence-electron chi connectivity index (χ2n) is 11.1. The molecule has 4 nitrogen and oxygen atoms in total. The van der Waals surface area contributed by atoms with Crippen LogP contribution in [0.3, 0.4) is 0 Å². The average molecular weight is 613 g/mol. The van der Waals surface area contributed by atoms with E-state index in [0.29, 0.717) is 0 Å². The van der Waals surface area contributed by atoms with Crippen molar-refractivity contribution in [1.29, 1.82) is 0 Å². The molecule has 3 fully saturated rings. The van der Waals surface area contributed by atoms with Crippen LogP contribution in [0.25, 0.3) is 0 Å². The van der Waals surface area contributed by atoms with E-state index in [9.17, 15) is 4.79 Å². The van der Waals surface area contributed by atoms with Crippen LogP contribution in [0, 0.1) is 18.8 Å². The highest BCUT2D eigenvalue weighted by molar-refractivity contribution is 5.88. The lowest BCUT2D eigenvalue weighted by Gasteiger charge is -2.32. The Morgan fingerprint density at radius 2 is 0.886 bits per heavy atom. The van der Waals surface area contributed by atoms with E-state index >= 15 is 0 Å². The average Bonchev–Trinajstić information content (AvgIpc) is 3.11. The van der Waals surface area contributed by atoms with Crippen LogP contribution in [-0.4, -0.2) is 13.1 Å². The summed E-state index contributed by atoms with van der Waals surface area (Å²) in [6.45, 7) is 14.0. The highest BCUT2D eigenvalue weighted by atomic mass is 16.5. The Kier molecular flexibility index (Phi) is 30.3. The van der Waals surface area contributed by atoms with Crippen molar-refractivity contribution in [1.82, 2.24) is 5.32 Å². The molecule has 0 aromatic heterocycles. The number of amides is 2. The standard InChI is InChI=1S/C15H16N2O2.C12H22.C6H12.3C2H6.CH4/c1-11-3-7-13(8-4-11)19-14-9-5-12(6-10-14)17-15(18)16-2;1-3-7-11(8-4-1)12-9-5-2-6-10-12;1-2-4-6-5-3-1;3*1-2;/h3-10H,1-2H3,(H2,16,17,18);11-12H,1-10H2;1-6H2;3*1-2H3;1H4. The van der Waals surface area contributed by atoms with Gasteiger partial charge in [0.15, 0.2) is 0 Å². The zero-order valence-corrected chi connectivity index (χ0v) is 29.4. The first-order chi connectivity index (χ1) is 21.1. The molecule has 2 aromatic rings. The molecule has 0 saturated heterocycles. The fraction of sp³-hybridized carbons (Fsp3) is 0.675. The van der Waals surface area contributed by atoms with Crippen molar-refractivity contribution in [2.24, 2.45) is 11.8 Å². The summed E-state index contributed by atoms with van der Waals surface area (Å²) < 4.78 is 5.69. The fourth-order valence-electron chi connectivity index (χ4n) is 5.81. The molecule has 44 heavy (non-hydrogen) atoms. The molecule has 0 atom stereocenters. The lowest BCUT2D eigenvalue weighted by Crippen LogP contribution is -2.24. The van der Waals surface area contributed by atoms with E-state index < -0.39 is 0 Å². The third kappa shape index (κ3) is 20.5. The maximum atomic E-state index is 11.1. The molecule has 5 rings (SSSR count). The summed E-state index contributed by atoms with van der Waals surface area (Å²) in [7, 11) is 1.57. The van der Waals surface area contributed by atoms with Gasteiger partial charge in [0, 0.05) is 12.7 Å². The number of anilines is 1. The summed E-state index contributed by atoms with van der Waals surface area (Å²) in [5, 5.41) is 5.18. The Balaban J connectivity index is 0. The van der Waals surface area contributed by atoms with Crippen molar-refractivity contribution in [3.8, 4) is 11.5 Å². The number of hydrogen-bond donors (Lipinski definition) is 2. The van der Waals surface area contributed by atoms with Crippen LogP contribution in [0.1, 0.15) is 157 Å². The molecule has 0 unspecified atom stereocenters. The van der Waals surface area contributed by atoms with Gasteiger partial charge < -0.3 is 15.4 Å². The lowest BCUT2D eigenvalue weighted by molar-refractivity contribution is 0.196. The molecule has 0 heterocycles. The fourth-order valence-corrected chi connectivity index (χ4v) is 5.81. The van der Waals surface area contributed by atoms with Gasteiger partial charge >= 0.3 is 6.03 Å². The van der Waals surface area contributed by atoms with Crippen molar-refractivity contribution >= 4 is 11.7 Å². The molecule has 0 aliphatic heterocycles. The molecule has 254 valence electrons. The molecule has 0 radical (unpaired) electrons. The number of carbonyl (C=O) groups is 1. The second kappa shape index (κ2) is 30.5. The Bertz CT molecular complexity index is 836. The molecule has 3 aliphatic carbocycles. The van der Waals surface area contributed by atoms with E-state index in [1.54, 1.807) is 44.9 Å². The van der Waals surface area contributed by atoms with Crippen molar-refractivity contribution in [2.75, 3.05) is 12.4 Å². The van der Waals surface area contributed by atoms with E-state index in [4.69, 9.17) is 4.74 Å². The summed E-state index contributed by atoms with van der Waals surface area (Å²) in [4.78, 5) is 11.1. The molecule has 0 bridgehead atoms. The van der Waals surface area contributed by atoms with E-state index in [2.05, 4.69) is 10.6 Å². The van der Waals surface area contributed by atoms with Crippen molar-refractivity contribution in [3.63, 3.8) is 0 Å². The summed E-state index contributed by atoms with van der Waals surface area (Å²) in [5.41, 5.74) is 1.91. The molecule has 2 N–H and O–H groups in total. The SMILES string of the molecule is C.C1CCC(C2CCCCC2)CC1.C1CCCCC1.CC.CC.CC.CNC(=O)Nc1ccc(Oc2ccc(C)cc2)cc1. The van der Waals surface area contributed by atoms with E-state index in [1.165, 1.54) is 82.6 Å². The van der Waals surface area contributed by atoms with Gasteiger partial charge in [-0.15, -0.1) is 0 Å². The minimum absolute atomic E-state index is 0. The predicted molar refractivity (Wildman–Crippen MR) is 197 cm³/mol. The van der Waals surface area contributed by atoms with E-state index in [-0.39, 0.29) is 13.5 Å². The number of rotatable bonds is 4. The topological polar surface area (TPSA) is 50.4 Å². The van der Waals surface area contributed by atoms with Gasteiger partial charge in [0.05, 0.1) is 0 Å². The third-order valence-electron chi connectivity index (χ3n) is 8.06. The number of ether oxygens (including phenoxy) is 1. The van der Waals surface area contributed by atoms with Gasteiger partial charge in [0.25, 0.3) is 0 Å². The molecule has 0 spiro atoms. The minimum Gasteiger partial charge on any atom is -0.457 e.